The molecule has 0 amide bonds. The van der Waals surface area contributed by atoms with Crippen LogP contribution < -0.4 is 0 Å². The van der Waals surface area contributed by atoms with Gasteiger partial charge in [-0.3, -0.25) is 0 Å². The number of rotatable bonds is 3. The van der Waals surface area contributed by atoms with Crippen molar-refractivity contribution in [1.29, 1.82) is 0 Å². The van der Waals surface area contributed by atoms with E-state index in [1.54, 1.807) is 0 Å². The van der Waals surface area contributed by atoms with Crippen molar-refractivity contribution in [1.82, 2.24) is 9.55 Å². The van der Waals surface area contributed by atoms with Crippen molar-refractivity contribution >= 4 is 0 Å². The molecule has 0 aromatic carbocycles. The lowest BCUT2D eigenvalue weighted by atomic mass is 10.0. The first-order chi connectivity index (χ1) is 6.42. The molecular formula is C11H16N2. The van der Waals surface area contributed by atoms with Gasteiger partial charge in [-0.15, -0.1) is 6.58 Å². The van der Waals surface area contributed by atoms with Gasteiger partial charge in [0.05, 0.1) is 12.0 Å². The van der Waals surface area contributed by atoms with Crippen molar-refractivity contribution in [2.45, 2.75) is 38.6 Å². The van der Waals surface area contributed by atoms with Gasteiger partial charge in [0.1, 0.15) is 0 Å². The summed E-state index contributed by atoms with van der Waals surface area (Å²) in [5.41, 5.74) is 2.79. The first-order valence-corrected chi connectivity index (χ1v) is 5.05. The number of aromatic nitrogens is 2. The summed E-state index contributed by atoms with van der Waals surface area (Å²) in [5.74, 6) is 0. The molecule has 0 radical (unpaired) electrons. The summed E-state index contributed by atoms with van der Waals surface area (Å²) in [4.78, 5) is 4.44. The van der Waals surface area contributed by atoms with Gasteiger partial charge in [0, 0.05) is 12.2 Å². The summed E-state index contributed by atoms with van der Waals surface area (Å²) in [6.07, 6.45) is 10.0. The van der Waals surface area contributed by atoms with Gasteiger partial charge in [0.15, 0.2) is 0 Å². The summed E-state index contributed by atoms with van der Waals surface area (Å²) in [7, 11) is 0. The minimum Gasteiger partial charge on any atom is -0.334 e. The van der Waals surface area contributed by atoms with Crippen molar-refractivity contribution in [2.75, 3.05) is 0 Å². The highest BCUT2D eigenvalue weighted by Gasteiger charge is 2.13. The molecule has 0 fully saturated rings. The Morgan fingerprint density at radius 3 is 3.15 bits per heavy atom. The van der Waals surface area contributed by atoms with Gasteiger partial charge in [0.25, 0.3) is 0 Å². The quantitative estimate of drug-likeness (QED) is 0.646. The van der Waals surface area contributed by atoms with Crippen molar-refractivity contribution < 1.29 is 0 Å². The van der Waals surface area contributed by atoms with Gasteiger partial charge in [-0.25, -0.2) is 4.98 Å². The van der Waals surface area contributed by atoms with Crippen LogP contribution in [-0.2, 0) is 19.4 Å². The largest absolute Gasteiger partial charge is 0.334 e. The van der Waals surface area contributed by atoms with E-state index in [0.29, 0.717) is 0 Å². The normalized spacial score (nSPS) is 15.4. The smallest absolute Gasteiger partial charge is 0.0951 e. The number of fused-ring (bicyclic) bond motifs is 1. The standard InChI is InChI=1S/C11H16N2/c1-2-3-8-13-9-12-10-6-4-5-7-11(10)13/h2,9H,1,3-8H2. The number of hydrogen-bond donors (Lipinski definition) is 0. The van der Waals surface area contributed by atoms with Crippen molar-refractivity contribution in [2.24, 2.45) is 0 Å². The summed E-state index contributed by atoms with van der Waals surface area (Å²) >= 11 is 0. The van der Waals surface area contributed by atoms with E-state index in [9.17, 15) is 0 Å². The van der Waals surface area contributed by atoms with Crippen LogP contribution in [0.15, 0.2) is 19.0 Å². The molecule has 0 aliphatic heterocycles. The third-order valence-corrected chi connectivity index (χ3v) is 2.68. The molecule has 70 valence electrons. The van der Waals surface area contributed by atoms with E-state index < -0.39 is 0 Å². The highest BCUT2D eigenvalue weighted by molar-refractivity contribution is 5.16. The molecule has 1 aromatic heterocycles. The molecule has 1 heterocycles. The van der Waals surface area contributed by atoms with Gasteiger partial charge < -0.3 is 4.57 Å². The molecule has 13 heavy (non-hydrogen) atoms. The zero-order chi connectivity index (χ0) is 9.10. The Bertz CT molecular complexity index is 299. The zero-order valence-corrected chi connectivity index (χ0v) is 8.00. The van der Waals surface area contributed by atoms with Crippen LogP contribution in [0.3, 0.4) is 0 Å². The van der Waals surface area contributed by atoms with Crippen LogP contribution in [0.25, 0.3) is 0 Å². The van der Waals surface area contributed by atoms with Gasteiger partial charge in [0.2, 0.25) is 0 Å². The second-order valence-electron chi connectivity index (χ2n) is 3.62. The number of imidazole rings is 1. The molecule has 0 atom stereocenters. The Hall–Kier alpha value is -1.05. The summed E-state index contributed by atoms with van der Waals surface area (Å²) in [6.45, 7) is 4.79. The SMILES string of the molecule is C=CCCn1cnc2c1CCCC2. The number of hydrogen-bond acceptors (Lipinski definition) is 1. The maximum atomic E-state index is 4.44. The average molecular weight is 176 g/mol. The van der Waals surface area contributed by atoms with Crippen LogP contribution in [0.2, 0.25) is 0 Å². The topological polar surface area (TPSA) is 17.8 Å². The summed E-state index contributed by atoms with van der Waals surface area (Å²) in [5, 5.41) is 0. The van der Waals surface area contributed by atoms with E-state index >= 15 is 0 Å². The predicted molar refractivity (Wildman–Crippen MR) is 53.7 cm³/mol. The first-order valence-electron chi connectivity index (χ1n) is 5.05. The van der Waals surface area contributed by atoms with Crippen LogP contribution in [0, 0.1) is 0 Å². The van der Waals surface area contributed by atoms with E-state index in [4.69, 9.17) is 0 Å². The molecule has 0 saturated heterocycles. The Labute approximate surface area is 79.3 Å². The summed E-state index contributed by atoms with van der Waals surface area (Å²) in [6, 6.07) is 0. The molecule has 0 spiro atoms. The number of aryl methyl sites for hydroxylation is 2. The molecule has 0 saturated carbocycles. The lowest BCUT2D eigenvalue weighted by Crippen LogP contribution is -2.07. The zero-order valence-electron chi connectivity index (χ0n) is 8.00. The highest BCUT2D eigenvalue weighted by atomic mass is 15.1. The summed E-state index contributed by atoms with van der Waals surface area (Å²) < 4.78 is 2.29. The molecule has 1 aromatic rings. The monoisotopic (exact) mass is 176 g/mol. The van der Waals surface area contributed by atoms with Crippen LogP contribution in [0.5, 0.6) is 0 Å². The second kappa shape index (κ2) is 3.77. The molecule has 0 N–H and O–H groups in total. The van der Waals surface area contributed by atoms with Crippen molar-refractivity contribution in [3.8, 4) is 0 Å². The Balaban J connectivity index is 2.16. The third-order valence-electron chi connectivity index (χ3n) is 2.68. The van der Waals surface area contributed by atoms with Gasteiger partial charge in [-0.1, -0.05) is 6.08 Å². The van der Waals surface area contributed by atoms with Crippen molar-refractivity contribution in [3.63, 3.8) is 0 Å². The Morgan fingerprint density at radius 1 is 1.46 bits per heavy atom. The minimum atomic E-state index is 1.04. The maximum absolute atomic E-state index is 4.44. The maximum Gasteiger partial charge on any atom is 0.0951 e. The third kappa shape index (κ3) is 1.67. The predicted octanol–water partition coefficient (Wildman–Crippen LogP) is 2.34. The Morgan fingerprint density at radius 2 is 2.31 bits per heavy atom. The lowest BCUT2D eigenvalue weighted by Gasteiger charge is -2.13. The molecular weight excluding hydrogens is 160 g/mol. The molecule has 1 aliphatic rings. The van der Waals surface area contributed by atoms with Crippen LogP contribution in [-0.4, -0.2) is 9.55 Å². The van der Waals surface area contributed by atoms with E-state index in [1.807, 2.05) is 12.4 Å². The van der Waals surface area contributed by atoms with E-state index in [0.717, 1.165) is 13.0 Å². The fourth-order valence-corrected chi connectivity index (χ4v) is 1.95. The van der Waals surface area contributed by atoms with Crippen LogP contribution >= 0.6 is 0 Å². The molecule has 2 nitrogen and oxygen atoms in total. The van der Waals surface area contributed by atoms with Crippen LogP contribution in [0.4, 0.5) is 0 Å². The minimum absolute atomic E-state index is 1.04. The molecule has 1 aliphatic carbocycles. The van der Waals surface area contributed by atoms with E-state index in [-0.39, 0.29) is 0 Å². The van der Waals surface area contributed by atoms with Gasteiger partial charge >= 0.3 is 0 Å². The molecule has 0 bridgehead atoms. The van der Waals surface area contributed by atoms with Gasteiger partial charge in [-0.2, -0.15) is 0 Å². The first kappa shape index (κ1) is 8.54. The van der Waals surface area contributed by atoms with Crippen LogP contribution in [0.1, 0.15) is 30.7 Å². The van der Waals surface area contributed by atoms with Gasteiger partial charge in [-0.05, 0) is 32.1 Å². The number of nitrogens with zero attached hydrogens (tertiary/aromatic N) is 2. The lowest BCUT2D eigenvalue weighted by molar-refractivity contribution is 0.607. The second-order valence-corrected chi connectivity index (χ2v) is 3.62. The average Bonchev–Trinajstić information content (AvgIpc) is 2.58. The van der Waals surface area contributed by atoms with Crippen molar-refractivity contribution in [3.05, 3.63) is 30.4 Å². The van der Waals surface area contributed by atoms with E-state index in [1.165, 1.54) is 37.1 Å². The fourth-order valence-electron chi connectivity index (χ4n) is 1.95. The van der Waals surface area contributed by atoms with E-state index in [2.05, 4.69) is 16.1 Å². The fraction of sp³-hybridized carbons (Fsp3) is 0.545. The molecule has 0 unspecified atom stereocenters. The molecule has 2 heteroatoms. The Kier molecular flexibility index (Phi) is 2.48. The highest BCUT2D eigenvalue weighted by Crippen LogP contribution is 2.19. The molecule has 2 rings (SSSR count). The number of allylic oxidation sites excluding steroid dienone is 1.